The molecule has 4 rings (SSSR count). The molecule has 0 aromatic carbocycles. The number of hydrogen-bond acceptors (Lipinski definition) is 7. The molecule has 3 saturated heterocycles. The topological polar surface area (TPSA) is 71.0 Å². The lowest BCUT2D eigenvalue weighted by molar-refractivity contribution is -0.141. The Hall–Kier alpha value is -1.93. The molecule has 4 heterocycles. The molecule has 8 heteroatoms. The third-order valence-corrected chi connectivity index (χ3v) is 6.25. The van der Waals surface area contributed by atoms with Crippen LogP contribution in [0.2, 0.25) is 0 Å². The number of likely N-dealkylation sites (tertiary alicyclic amines) is 1. The Morgan fingerprint density at radius 2 is 1.82 bits per heavy atom. The summed E-state index contributed by atoms with van der Waals surface area (Å²) >= 11 is 0. The van der Waals surface area contributed by atoms with Crippen molar-refractivity contribution in [1.82, 2.24) is 19.8 Å². The molecule has 154 valence electrons. The molecule has 0 unspecified atom stereocenters. The van der Waals surface area contributed by atoms with Crippen LogP contribution < -0.4 is 9.64 Å². The SMILES string of the molecule is COc1nccnc1N1CCC(N2CCC[C@H](C(=O)N3CCOCC3)C2)CC1. The van der Waals surface area contributed by atoms with E-state index < -0.39 is 0 Å². The number of ether oxygens (including phenoxy) is 2. The first kappa shape index (κ1) is 19.4. The Bertz CT molecular complexity index is 659. The van der Waals surface area contributed by atoms with Gasteiger partial charge in [-0.05, 0) is 32.2 Å². The maximum atomic E-state index is 12.9. The van der Waals surface area contributed by atoms with Crippen molar-refractivity contribution in [3.05, 3.63) is 12.4 Å². The summed E-state index contributed by atoms with van der Waals surface area (Å²) in [4.78, 5) is 28.4. The normalized spacial score (nSPS) is 25.0. The van der Waals surface area contributed by atoms with Gasteiger partial charge in [-0.15, -0.1) is 0 Å². The summed E-state index contributed by atoms with van der Waals surface area (Å²) in [6.07, 6.45) is 7.67. The highest BCUT2D eigenvalue weighted by Gasteiger charge is 2.34. The van der Waals surface area contributed by atoms with Crippen LogP contribution >= 0.6 is 0 Å². The molecule has 28 heavy (non-hydrogen) atoms. The number of nitrogens with zero attached hydrogens (tertiary/aromatic N) is 5. The van der Waals surface area contributed by atoms with E-state index >= 15 is 0 Å². The van der Waals surface area contributed by atoms with Crippen molar-refractivity contribution >= 4 is 11.7 Å². The lowest BCUT2D eigenvalue weighted by Crippen LogP contribution is -2.52. The molecule has 3 aliphatic heterocycles. The number of hydrogen-bond donors (Lipinski definition) is 0. The van der Waals surface area contributed by atoms with Gasteiger partial charge in [-0.3, -0.25) is 9.69 Å². The van der Waals surface area contributed by atoms with E-state index in [1.807, 2.05) is 4.90 Å². The zero-order valence-electron chi connectivity index (χ0n) is 16.8. The van der Waals surface area contributed by atoms with Gasteiger partial charge in [0.15, 0.2) is 5.82 Å². The molecule has 3 fully saturated rings. The second-order valence-corrected chi connectivity index (χ2v) is 7.88. The predicted molar refractivity (Wildman–Crippen MR) is 106 cm³/mol. The summed E-state index contributed by atoms with van der Waals surface area (Å²) in [7, 11) is 1.64. The third kappa shape index (κ3) is 4.22. The molecule has 3 aliphatic rings. The van der Waals surface area contributed by atoms with Crippen LogP contribution in [0.4, 0.5) is 5.82 Å². The molecule has 0 bridgehead atoms. The predicted octanol–water partition coefficient (Wildman–Crippen LogP) is 1.02. The van der Waals surface area contributed by atoms with Crippen LogP contribution in [0.1, 0.15) is 25.7 Å². The van der Waals surface area contributed by atoms with Gasteiger partial charge < -0.3 is 19.3 Å². The van der Waals surface area contributed by atoms with Gasteiger partial charge in [-0.1, -0.05) is 0 Å². The summed E-state index contributed by atoms with van der Waals surface area (Å²) in [6.45, 7) is 6.72. The molecule has 0 N–H and O–H groups in total. The van der Waals surface area contributed by atoms with Gasteiger partial charge in [0, 0.05) is 51.2 Å². The second kappa shape index (κ2) is 9.05. The highest BCUT2D eigenvalue weighted by atomic mass is 16.5. The zero-order valence-corrected chi connectivity index (χ0v) is 16.8. The first-order valence-corrected chi connectivity index (χ1v) is 10.5. The monoisotopic (exact) mass is 389 g/mol. The first-order valence-electron chi connectivity index (χ1n) is 10.5. The molecule has 0 aliphatic carbocycles. The Balaban J connectivity index is 1.32. The van der Waals surface area contributed by atoms with Crippen LogP contribution in [0.3, 0.4) is 0 Å². The molecule has 0 spiro atoms. The molecular weight excluding hydrogens is 358 g/mol. The highest BCUT2D eigenvalue weighted by Crippen LogP contribution is 2.29. The molecule has 8 nitrogen and oxygen atoms in total. The molecule has 0 radical (unpaired) electrons. The van der Waals surface area contributed by atoms with E-state index in [0.717, 1.165) is 70.8 Å². The maximum Gasteiger partial charge on any atom is 0.257 e. The van der Waals surface area contributed by atoms with Crippen molar-refractivity contribution < 1.29 is 14.3 Å². The van der Waals surface area contributed by atoms with Gasteiger partial charge in [0.2, 0.25) is 5.91 Å². The molecular formula is C20H31N5O3. The van der Waals surface area contributed by atoms with E-state index in [1.54, 1.807) is 19.5 Å². The van der Waals surface area contributed by atoms with Crippen molar-refractivity contribution in [2.24, 2.45) is 5.92 Å². The number of anilines is 1. The summed E-state index contributed by atoms with van der Waals surface area (Å²) in [5.74, 6) is 1.90. The molecule has 1 aromatic heterocycles. The molecule has 1 aromatic rings. The number of carbonyl (C=O) groups is 1. The van der Waals surface area contributed by atoms with Crippen molar-refractivity contribution in [2.75, 3.05) is 64.5 Å². The number of aromatic nitrogens is 2. The van der Waals surface area contributed by atoms with E-state index in [2.05, 4.69) is 19.8 Å². The maximum absolute atomic E-state index is 12.9. The zero-order chi connectivity index (χ0) is 19.3. The average Bonchev–Trinajstić information content (AvgIpc) is 2.79. The first-order chi connectivity index (χ1) is 13.8. The minimum absolute atomic E-state index is 0.143. The van der Waals surface area contributed by atoms with Gasteiger partial charge in [0.25, 0.3) is 5.88 Å². The number of rotatable bonds is 4. The fourth-order valence-corrected chi connectivity index (χ4v) is 4.70. The number of methoxy groups -OCH3 is 1. The van der Waals surface area contributed by atoms with Gasteiger partial charge in [0.1, 0.15) is 0 Å². The van der Waals surface area contributed by atoms with Gasteiger partial charge in [0.05, 0.1) is 26.2 Å². The number of piperidine rings is 2. The van der Waals surface area contributed by atoms with Crippen molar-refractivity contribution in [1.29, 1.82) is 0 Å². The smallest absolute Gasteiger partial charge is 0.257 e. The molecule has 0 saturated carbocycles. The van der Waals surface area contributed by atoms with E-state index in [0.29, 0.717) is 31.0 Å². The summed E-state index contributed by atoms with van der Waals surface area (Å²) in [5.41, 5.74) is 0. The summed E-state index contributed by atoms with van der Waals surface area (Å²) < 4.78 is 10.8. The fraction of sp³-hybridized carbons (Fsp3) is 0.750. The molecule has 1 amide bonds. The van der Waals surface area contributed by atoms with E-state index in [9.17, 15) is 4.79 Å². The van der Waals surface area contributed by atoms with Crippen molar-refractivity contribution in [3.63, 3.8) is 0 Å². The minimum Gasteiger partial charge on any atom is -0.478 e. The second-order valence-electron chi connectivity index (χ2n) is 7.88. The number of amides is 1. The number of morpholine rings is 1. The Morgan fingerprint density at radius 3 is 2.57 bits per heavy atom. The van der Waals surface area contributed by atoms with Crippen LogP contribution in [0, 0.1) is 5.92 Å². The fourth-order valence-electron chi connectivity index (χ4n) is 4.70. The Kier molecular flexibility index (Phi) is 6.26. The number of carbonyl (C=O) groups excluding carboxylic acids is 1. The standard InChI is InChI=1S/C20H31N5O3/c1-27-19-18(21-6-7-22-19)23-9-4-17(5-10-23)25-8-2-3-16(15-25)20(26)24-11-13-28-14-12-24/h6-7,16-17H,2-5,8-15H2,1H3/t16-/m0/s1. The molecule has 1 atom stereocenters. The van der Waals surface area contributed by atoms with E-state index in [-0.39, 0.29) is 5.92 Å². The van der Waals surface area contributed by atoms with Crippen LogP contribution in [0.5, 0.6) is 5.88 Å². The van der Waals surface area contributed by atoms with Crippen LogP contribution in [-0.4, -0.2) is 91.3 Å². The van der Waals surface area contributed by atoms with Gasteiger partial charge >= 0.3 is 0 Å². The van der Waals surface area contributed by atoms with Crippen LogP contribution in [0.25, 0.3) is 0 Å². The van der Waals surface area contributed by atoms with E-state index in [1.165, 1.54) is 0 Å². The summed E-state index contributed by atoms with van der Waals surface area (Å²) in [6, 6.07) is 0.541. The lowest BCUT2D eigenvalue weighted by atomic mass is 9.92. The van der Waals surface area contributed by atoms with Gasteiger partial charge in [-0.2, -0.15) is 0 Å². The van der Waals surface area contributed by atoms with Crippen molar-refractivity contribution in [3.8, 4) is 5.88 Å². The highest BCUT2D eigenvalue weighted by molar-refractivity contribution is 5.79. The average molecular weight is 390 g/mol. The van der Waals surface area contributed by atoms with Gasteiger partial charge in [-0.25, -0.2) is 9.97 Å². The lowest BCUT2D eigenvalue weighted by Gasteiger charge is -2.43. The van der Waals surface area contributed by atoms with Crippen LogP contribution in [0.15, 0.2) is 12.4 Å². The quantitative estimate of drug-likeness (QED) is 0.761. The van der Waals surface area contributed by atoms with E-state index in [4.69, 9.17) is 9.47 Å². The minimum atomic E-state index is 0.143. The Labute approximate surface area is 166 Å². The largest absolute Gasteiger partial charge is 0.478 e. The van der Waals surface area contributed by atoms with Crippen LogP contribution in [-0.2, 0) is 9.53 Å². The summed E-state index contributed by atoms with van der Waals surface area (Å²) in [5, 5.41) is 0. The third-order valence-electron chi connectivity index (χ3n) is 6.25. The van der Waals surface area contributed by atoms with Crippen molar-refractivity contribution in [2.45, 2.75) is 31.7 Å². The Morgan fingerprint density at radius 1 is 1.07 bits per heavy atom.